The van der Waals surface area contributed by atoms with Gasteiger partial charge in [0.15, 0.2) is 0 Å². The van der Waals surface area contributed by atoms with E-state index in [0.29, 0.717) is 50.9 Å². The highest BCUT2D eigenvalue weighted by molar-refractivity contribution is 5.93. The maximum Gasteiger partial charge on any atom is 0.322 e. The molecule has 2 aliphatic heterocycles. The number of nitrogens with one attached hydrogen (secondary N) is 2. The minimum Gasteiger partial charge on any atom is -0.377 e. The van der Waals surface area contributed by atoms with Gasteiger partial charge in [0.2, 0.25) is 0 Å². The highest BCUT2D eigenvalue weighted by Crippen LogP contribution is 2.22. The van der Waals surface area contributed by atoms with Crippen molar-refractivity contribution in [2.24, 2.45) is 0 Å². The lowest BCUT2D eigenvalue weighted by atomic mass is 10.1. The molecule has 0 saturated carbocycles. The smallest absolute Gasteiger partial charge is 0.322 e. The Morgan fingerprint density at radius 1 is 0.963 bits per heavy atom. The Bertz CT molecular complexity index is 696. The van der Waals surface area contributed by atoms with Crippen LogP contribution in [0.5, 0.6) is 0 Å². The second kappa shape index (κ2) is 8.58. The summed E-state index contributed by atoms with van der Waals surface area (Å²) in [5, 5.41) is 5.88. The van der Waals surface area contributed by atoms with Gasteiger partial charge in [-0.15, -0.1) is 0 Å². The van der Waals surface area contributed by atoms with E-state index in [1.165, 1.54) is 0 Å². The average Bonchev–Trinajstić information content (AvgIpc) is 2.65. The molecule has 3 rings (SSSR count). The van der Waals surface area contributed by atoms with Gasteiger partial charge in [0, 0.05) is 24.5 Å². The molecule has 0 aromatic heterocycles. The number of hydrogen-bond acceptors (Lipinski definition) is 4. The van der Waals surface area contributed by atoms with Gasteiger partial charge in [-0.1, -0.05) is 6.07 Å². The molecule has 2 aliphatic rings. The highest BCUT2D eigenvalue weighted by atomic mass is 16.5. The molecule has 8 nitrogen and oxygen atoms in total. The van der Waals surface area contributed by atoms with Gasteiger partial charge in [0.1, 0.15) is 0 Å². The number of anilines is 2. The van der Waals surface area contributed by atoms with Crippen LogP contribution in [0.25, 0.3) is 0 Å². The number of nitrogens with zero attached hydrogens (tertiary/aromatic N) is 2. The Morgan fingerprint density at radius 2 is 1.52 bits per heavy atom. The zero-order valence-electron chi connectivity index (χ0n) is 16.2. The maximum atomic E-state index is 12.6. The van der Waals surface area contributed by atoms with E-state index in [2.05, 4.69) is 10.6 Å². The van der Waals surface area contributed by atoms with Gasteiger partial charge in [0.25, 0.3) is 0 Å². The summed E-state index contributed by atoms with van der Waals surface area (Å²) in [6.45, 7) is 9.16. The van der Waals surface area contributed by atoms with Crippen molar-refractivity contribution in [3.63, 3.8) is 0 Å². The molecule has 0 spiro atoms. The van der Waals surface area contributed by atoms with Crippen LogP contribution in [0.15, 0.2) is 18.2 Å². The lowest BCUT2D eigenvalue weighted by Crippen LogP contribution is -2.49. The molecule has 2 saturated heterocycles. The van der Waals surface area contributed by atoms with Crippen LogP contribution in [0, 0.1) is 6.92 Å². The minimum atomic E-state index is -0.159. The topological polar surface area (TPSA) is 83.1 Å². The molecule has 2 fully saturated rings. The molecule has 0 aliphatic carbocycles. The van der Waals surface area contributed by atoms with Crippen LogP contribution in [-0.2, 0) is 9.47 Å². The number of amides is 4. The third-order valence-corrected chi connectivity index (χ3v) is 4.99. The van der Waals surface area contributed by atoms with E-state index in [4.69, 9.17) is 9.47 Å². The summed E-state index contributed by atoms with van der Waals surface area (Å²) in [6.07, 6.45) is 0. The molecular formula is C19H28N4O4. The van der Waals surface area contributed by atoms with Gasteiger partial charge in [0.05, 0.1) is 38.5 Å². The molecule has 0 bridgehead atoms. The van der Waals surface area contributed by atoms with Crippen molar-refractivity contribution in [3.05, 3.63) is 23.8 Å². The molecule has 1 aromatic rings. The van der Waals surface area contributed by atoms with E-state index in [1.54, 1.807) is 15.9 Å². The van der Waals surface area contributed by atoms with Gasteiger partial charge in [-0.25, -0.2) is 9.59 Å². The summed E-state index contributed by atoms with van der Waals surface area (Å²) in [5.41, 5.74) is 2.27. The molecule has 2 heterocycles. The van der Waals surface area contributed by atoms with Gasteiger partial charge in [-0.3, -0.25) is 0 Å². The summed E-state index contributed by atoms with van der Waals surface area (Å²) in [4.78, 5) is 28.7. The summed E-state index contributed by atoms with van der Waals surface area (Å²) in [6, 6.07) is 5.27. The van der Waals surface area contributed by atoms with E-state index < -0.39 is 0 Å². The van der Waals surface area contributed by atoms with Crippen LogP contribution in [0.1, 0.15) is 19.4 Å². The fourth-order valence-electron chi connectivity index (χ4n) is 3.27. The number of morpholine rings is 2. The Morgan fingerprint density at radius 3 is 2.07 bits per heavy atom. The minimum absolute atomic E-state index is 0.0322. The number of aryl methyl sites for hydroxylation is 1. The molecular weight excluding hydrogens is 348 g/mol. The quantitative estimate of drug-likeness (QED) is 0.831. The van der Waals surface area contributed by atoms with Crippen LogP contribution in [-0.4, -0.2) is 73.5 Å². The van der Waals surface area contributed by atoms with E-state index >= 15 is 0 Å². The van der Waals surface area contributed by atoms with E-state index in [1.807, 2.05) is 32.9 Å². The van der Waals surface area contributed by atoms with Crippen molar-refractivity contribution >= 4 is 23.4 Å². The molecule has 8 heteroatoms. The van der Waals surface area contributed by atoms with E-state index in [0.717, 1.165) is 5.56 Å². The number of hydrogen-bond donors (Lipinski definition) is 2. The largest absolute Gasteiger partial charge is 0.377 e. The van der Waals surface area contributed by atoms with Gasteiger partial charge >= 0.3 is 12.1 Å². The molecule has 4 amide bonds. The van der Waals surface area contributed by atoms with Crippen molar-refractivity contribution in [2.45, 2.75) is 32.9 Å². The van der Waals surface area contributed by atoms with E-state index in [9.17, 15) is 9.59 Å². The second-order valence-corrected chi connectivity index (χ2v) is 7.12. The fourth-order valence-corrected chi connectivity index (χ4v) is 3.27. The molecule has 27 heavy (non-hydrogen) atoms. The monoisotopic (exact) mass is 376 g/mol. The Hall–Kier alpha value is -2.32. The Kier molecular flexibility index (Phi) is 6.18. The van der Waals surface area contributed by atoms with Crippen LogP contribution in [0.2, 0.25) is 0 Å². The van der Waals surface area contributed by atoms with Gasteiger partial charge < -0.3 is 29.9 Å². The lowest BCUT2D eigenvalue weighted by Gasteiger charge is -2.33. The second-order valence-electron chi connectivity index (χ2n) is 7.12. The predicted molar refractivity (Wildman–Crippen MR) is 103 cm³/mol. The fraction of sp³-hybridized carbons (Fsp3) is 0.579. The zero-order valence-corrected chi connectivity index (χ0v) is 16.2. The van der Waals surface area contributed by atoms with Crippen LogP contribution < -0.4 is 10.6 Å². The number of benzene rings is 1. The summed E-state index contributed by atoms with van der Waals surface area (Å²) >= 11 is 0. The van der Waals surface area contributed by atoms with Crippen molar-refractivity contribution in [2.75, 3.05) is 50.2 Å². The van der Waals surface area contributed by atoms with Crippen molar-refractivity contribution in [1.82, 2.24) is 9.80 Å². The Balaban J connectivity index is 1.66. The SMILES string of the molecule is Cc1ccc(NC(=O)N2CCOC[C@H]2C)cc1NC(=O)N1CCOC[C@@H]1C. The first-order chi connectivity index (χ1) is 13.0. The highest BCUT2D eigenvalue weighted by Gasteiger charge is 2.25. The summed E-state index contributed by atoms with van der Waals surface area (Å²) in [5.74, 6) is 0. The van der Waals surface area contributed by atoms with Crippen LogP contribution >= 0.6 is 0 Å². The number of carbonyl (C=O) groups is 2. The standard InChI is InChI=1S/C19H28N4O4/c1-13-4-5-16(20-18(24)22-6-8-26-11-14(22)2)10-17(13)21-19(25)23-7-9-27-12-15(23)3/h4-5,10,14-15H,6-9,11-12H2,1-3H3,(H,20,24)(H,21,25)/t14-,15+/m1/s1. The first-order valence-electron chi connectivity index (χ1n) is 9.37. The average molecular weight is 376 g/mol. The Labute approximate surface area is 159 Å². The summed E-state index contributed by atoms with van der Waals surface area (Å²) < 4.78 is 10.8. The molecule has 1 aromatic carbocycles. The van der Waals surface area contributed by atoms with Gasteiger partial charge in [-0.05, 0) is 38.5 Å². The summed E-state index contributed by atoms with van der Waals surface area (Å²) in [7, 11) is 0. The van der Waals surface area contributed by atoms with Crippen molar-refractivity contribution in [3.8, 4) is 0 Å². The molecule has 2 N–H and O–H groups in total. The maximum absolute atomic E-state index is 12.6. The molecule has 2 atom stereocenters. The lowest BCUT2D eigenvalue weighted by molar-refractivity contribution is 0.0221. The van der Waals surface area contributed by atoms with Crippen LogP contribution in [0.4, 0.5) is 21.0 Å². The predicted octanol–water partition coefficient (Wildman–Crippen LogP) is 2.50. The van der Waals surface area contributed by atoms with E-state index in [-0.39, 0.29) is 24.1 Å². The number of urea groups is 2. The van der Waals surface area contributed by atoms with Crippen LogP contribution in [0.3, 0.4) is 0 Å². The molecule has 0 radical (unpaired) electrons. The third-order valence-electron chi connectivity index (χ3n) is 4.99. The normalized spacial score (nSPS) is 23.1. The zero-order chi connectivity index (χ0) is 19.4. The van der Waals surface area contributed by atoms with Crippen molar-refractivity contribution in [1.29, 1.82) is 0 Å². The van der Waals surface area contributed by atoms with Gasteiger partial charge in [-0.2, -0.15) is 0 Å². The molecule has 148 valence electrons. The number of carbonyl (C=O) groups excluding carboxylic acids is 2. The molecule has 0 unspecified atom stereocenters. The number of ether oxygens (including phenoxy) is 2. The first kappa shape index (κ1) is 19.4. The number of rotatable bonds is 2. The third kappa shape index (κ3) is 4.70. The first-order valence-corrected chi connectivity index (χ1v) is 9.37. The van der Waals surface area contributed by atoms with Crippen molar-refractivity contribution < 1.29 is 19.1 Å².